The van der Waals surface area contributed by atoms with E-state index in [-0.39, 0.29) is 36.4 Å². The van der Waals surface area contributed by atoms with Gasteiger partial charge in [-0.15, -0.1) is 0 Å². The number of imide groups is 1. The van der Waals surface area contributed by atoms with E-state index in [1.54, 1.807) is 6.07 Å². The summed E-state index contributed by atoms with van der Waals surface area (Å²) in [5.41, 5.74) is 3.03. The molecule has 7 heteroatoms. The maximum Gasteiger partial charge on any atom is 0.305 e. The topological polar surface area (TPSA) is 104 Å². The van der Waals surface area contributed by atoms with Crippen LogP contribution < -0.4 is 5.32 Å². The van der Waals surface area contributed by atoms with Crippen molar-refractivity contribution < 1.29 is 24.3 Å². The van der Waals surface area contributed by atoms with Gasteiger partial charge in [0.05, 0.1) is 17.5 Å². The highest BCUT2D eigenvalue weighted by atomic mass is 16.4. The molecule has 2 N–H and O–H groups in total. The maximum atomic E-state index is 12.4. The third-order valence-electron chi connectivity index (χ3n) is 4.57. The molecule has 0 aliphatic carbocycles. The molecule has 0 radical (unpaired) electrons. The van der Waals surface area contributed by atoms with Crippen LogP contribution in [0.4, 0.5) is 5.69 Å². The molecule has 1 heterocycles. The number of hydrogen-bond acceptors (Lipinski definition) is 4. The summed E-state index contributed by atoms with van der Waals surface area (Å²) in [5.74, 6) is -2.34. The van der Waals surface area contributed by atoms with Gasteiger partial charge in [0.15, 0.2) is 0 Å². The van der Waals surface area contributed by atoms with Crippen LogP contribution in [-0.4, -0.2) is 40.2 Å². The molecule has 28 heavy (non-hydrogen) atoms. The zero-order valence-electron chi connectivity index (χ0n) is 15.4. The molecule has 3 rings (SSSR count). The number of nitrogens with one attached hydrogen (secondary N) is 1. The Kier molecular flexibility index (Phi) is 5.54. The highest BCUT2D eigenvalue weighted by Gasteiger charge is 2.35. The molecule has 0 unspecified atom stereocenters. The standard InChI is InChI=1S/C21H20N2O5/c1-13-2-4-14(5-3-13)6-9-18(24)22-15-7-8-16-17(12-15)21(28)23(20(16)27)11-10-19(25)26/h2-5,7-8,12H,6,9-11H2,1H3,(H,22,24)(H,25,26). The number of carbonyl (C=O) groups is 4. The van der Waals surface area contributed by atoms with E-state index >= 15 is 0 Å². The van der Waals surface area contributed by atoms with Crippen LogP contribution in [0.5, 0.6) is 0 Å². The SMILES string of the molecule is Cc1ccc(CCC(=O)Nc2ccc3c(c2)C(=O)N(CCC(=O)O)C3=O)cc1. The van der Waals surface area contributed by atoms with Gasteiger partial charge in [0, 0.05) is 18.7 Å². The first-order valence-corrected chi connectivity index (χ1v) is 8.92. The highest BCUT2D eigenvalue weighted by molar-refractivity contribution is 6.22. The van der Waals surface area contributed by atoms with Gasteiger partial charge < -0.3 is 10.4 Å². The summed E-state index contributed by atoms with van der Waals surface area (Å²) in [6, 6.07) is 12.4. The molecule has 1 aliphatic rings. The smallest absolute Gasteiger partial charge is 0.305 e. The third kappa shape index (κ3) is 4.25. The summed E-state index contributed by atoms with van der Waals surface area (Å²) < 4.78 is 0. The van der Waals surface area contributed by atoms with Crippen molar-refractivity contribution in [3.63, 3.8) is 0 Å². The Morgan fingerprint density at radius 1 is 0.964 bits per heavy atom. The Morgan fingerprint density at radius 2 is 1.64 bits per heavy atom. The van der Waals surface area contributed by atoms with Crippen molar-refractivity contribution in [2.45, 2.75) is 26.2 Å². The quantitative estimate of drug-likeness (QED) is 0.719. The molecular formula is C21H20N2O5. The van der Waals surface area contributed by atoms with Crippen LogP contribution in [0.25, 0.3) is 0 Å². The Bertz CT molecular complexity index is 950. The Labute approximate surface area is 162 Å². The fourth-order valence-corrected chi connectivity index (χ4v) is 3.02. The van der Waals surface area contributed by atoms with Gasteiger partial charge in [0.2, 0.25) is 5.91 Å². The van der Waals surface area contributed by atoms with Crippen molar-refractivity contribution in [1.29, 1.82) is 0 Å². The van der Waals surface area contributed by atoms with Gasteiger partial charge in [0.25, 0.3) is 11.8 Å². The van der Waals surface area contributed by atoms with E-state index in [2.05, 4.69) is 5.32 Å². The normalized spacial score (nSPS) is 12.8. The molecule has 0 saturated carbocycles. The van der Waals surface area contributed by atoms with Crippen molar-refractivity contribution in [2.24, 2.45) is 0 Å². The molecule has 7 nitrogen and oxygen atoms in total. The summed E-state index contributed by atoms with van der Waals surface area (Å²) in [4.78, 5) is 48.5. The second kappa shape index (κ2) is 8.04. The number of carbonyl (C=O) groups excluding carboxylic acids is 3. The van der Waals surface area contributed by atoms with Gasteiger partial charge in [0.1, 0.15) is 0 Å². The summed E-state index contributed by atoms with van der Waals surface area (Å²) in [7, 11) is 0. The van der Waals surface area contributed by atoms with Gasteiger partial charge in [-0.3, -0.25) is 24.1 Å². The Balaban J connectivity index is 1.63. The first kappa shape index (κ1) is 19.3. The average molecular weight is 380 g/mol. The number of rotatable bonds is 7. The van der Waals surface area contributed by atoms with E-state index < -0.39 is 17.8 Å². The number of aryl methyl sites for hydroxylation is 2. The minimum Gasteiger partial charge on any atom is -0.481 e. The number of carboxylic acids is 1. The van der Waals surface area contributed by atoms with Gasteiger partial charge in [-0.1, -0.05) is 29.8 Å². The first-order valence-electron chi connectivity index (χ1n) is 8.92. The average Bonchev–Trinajstić information content (AvgIpc) is 2.89. The van der Waals surface area contributed by atoms with E-state index in [0.29, 0.717) is 12.1 Å². The molecule has 1 aliphatic heterocycles. The number of aliphatic carboxylic acids is 1. The van der Waals surface area contributed by atoms with Crippen LogP contribution in [0.15, 0.2) is 42.5 Å². The lowest BCUT2D eigenvalue weighted by Crippen LogP contribution is -2.31. The minimum atomic E-state index is -1.09. The van der Waals surface area contributed by atoms with Crippen molar-refractivity contribution in [3.8, 4) is 0 Å². The van der Waals surface area contributed by atoms with Gasteiger partial charge in [-0.2, -0.15) is 0 Å². The second-order valence-electron chi connectivity index (χ2n) is 6.70. The number of carboxylic acid groups (broad SMARTS) is 1. The number of hydrogen-bond donors (Lipinski definition) is 2. The van der Waals surface area contributed by atoms with Gasteiger partial charge in [-0.05, 0) is 37.1 Å². The van der Waals surface area contributed by atoms with Crippen LogP contribution in [0, 0.1) is 6.92 Å². The van der Waals surface area contributed by atoms with Crippen molar-refractivity contribution in [1.82, 2.24) is 4.90 Å². The molecule has 0 fully saturated rings. The molecule has 0 aromatic heterocycles. The molecular weight excluding hydrogens is 360 g/mol. The summed E-state index contributed by atoms with van der Waals surface area (Å²) in [6.45, 7) is 1.82. The van der Waals surface area contributed by atoms with Crippen molar-refractivity contribution in [3.05, 3.63) is 64.7 Å². The van der Waals surface area contributed by atoms with E-state index in [1.807, 2.05) is 31.2 Å². The van der Waals surface area contributed by atoms with Crippen LogP contribution in [0.1, 0.15) is 44.7 Å². The molecule has 0 bridgehead atoms. The number of nitrogens with zero attached hydrogens (tertiary/aromatic N) is 1. The van der Waals surface area contributed by atoms with Crippen LogP contribution in [-0.2, 0) is 16.0 Å². The van der Waals surface area contributed by atoms with Crippen LogP contribution >= 0.6 is 0 Å². The van der Waals surface area contributed by atoms with Crippen molar-refractivity contribution in [2.75, 3.05) is 11.9 Å². The Hall–Kier alpha value is -3.48. The lowest BCUT2D eigenvalue weighted by Gasteiger charge is -2.11. The van der Waals surface area contributed by atoms with E-state index in [4.69, 9.17) is 5.11 Å². The summed E-state index contributed by atoms with van der Waals surface area (Å²) >= 11 is 0. The second-order valence-corrected chi connectivity index (χ2v) is 6.70. The summed E-state index contributed by atoms with van der Waals surface area (Å²) in [5, 5.41) is 11.5. The zero-order valence-corrected chi connectivity index (χ0v) is 15.4. The van der Waals surface area contributed by atoms with E-state index in [0.717, 1.165) is 16.0 Å². The molecule has 3 amide bonds. The molecule has 2 aromatic rings. The van der Waals surface area contributed by atoms with E-state index in [9.17, 15) is 19.2 Å². The highest BCUT2D eigenvalue weighted by Crippen LogP contribution is 2.26. The van der Waals surface area contributed by atoms with Gasteiger partial charge in [-0.25, -0.2) is 0 Å². The van der Waals surface area contributed by atoms with Crippen LogP contribution in [0.2, 0.25) is 0 Å². The predicted octanol–water partition coefficient (Wildman–Crippen LogP) is 2.64. The Morgan fingerprint density at radius 3 is 2.32 bits per heavy atom. The van der Waals surface area contributed by atoms with Crippen LogP contribution in [0.3, 0.4) is 0 Å². The van der Waals surface area contributed by atoms with Gasteiger partial charge >= 0.3 is 5.97 Å². The first-order chi connectivity index (χ1) is 13.3. The van der Waals surface area contributed by atoms with Crippen molar-refractivity contribution >= 4 is 29.4 Å². The monoisotopic (exact) mass is 380 g/mol. The molecule has 0 atom stereocenters. The predicted molar refractivity (Wildman–Crippen MR) is 102 cm³/mol. The molecule has 2 aromatic carbocycles. The zero-order chi connectivity index (χ0) is 20.3. The van der Waals surface area contributed by atoms with E-state index in [1.165, 1.54) is 12.1 Å². The fourth-order valence-electron chi connectivity index (χ4n) is 3.02. The number of anilines is 1. The summed E-state index contributed by atoms with van der Waals surface area (Å²) in [6.07, 6.45) is 0.573. The third-order valence-corrected chi connectivity index (χ3v) is 4.57. The molecule has 0 spiro atoms. The maximum absolute atomic E-state index is 12.4. The largest absolute Gasteiger partial charge is 0.481 e. The lowest BCUT2D eigenvalue weighted by molar-refractivity contribution is -0.137. The molecule has 144 valence electrons. The fraction of sp³-hybridized carbons (Fsp3) is 0.238. The number of benzene rings is 2. The number of amides is 3. The number of fused-ring (bicyclic) bond motifs is 1. The lowest BCUT2D eigenvalue weighted by atomic mass is 10.1. The minimum absolute atomic E-state index is 0.173. The molecule has 0 saturated heterocycles.